The molecule has 3 heterocycles. The van der Waals surface area contributed by atoms with Gasteiger partial charge in [0.1, 0.15) is 11.4 Å². The van der Waals surface area contributed by atoms with Crippen molar-refractivity contribution >= 4 is 17.9 Å². The highest BCUT2D eigenvalue weighted by molar-refractivity contribution is 5.97. The van der Waals surface area contributed by atoms with Gasteiger partial charge < -0.3 is 20.5 Å². The number of piperidine rings is 1. The third-order valence-electron chi connectivity index (χ3n) is 6.71. The predicted molar refractivity (Wildman–Crippen MR) is 126 cm³/mol. The van der Waals surface area contributed by atoms with E-state index in [0.29, 0.717) is 11.4 Å². The Hall–Kier alpha value is -2.97. The Morgan fingerprint density at radius 1 is 1.16 bits per heavy atom. The topological polar surface area (TPSA) is 105 Å². The quantitative estimate of drug-likeness (QED) is 0.641. The van der Waals surface area contributed by atoms with Crippen LogP contribution in [0, 0.1) is 0 Å². The van der Waals surface area contributed by atoms with Gasteiger partial charge in [0, 0.05) is 31.2 Å². The van der Waals surface area contributed by atoms with E-state index in [2.05, 4.69) is 32.7 Å². The molecule has 5 rings (SSSR count). The van der Waals surface area contributed by atoms with E-state index < -0.39 is 11.3 Å². The molecule has 1 unspecified atom stereocenters. The van der Waals surface area contributed by atoms with Gasteiger partial charge in [-0.15, -0.1) is 0 Å². The van der Waals surface area contributed by atoms with Crippen LogP contribution < -0.4 is 21.8 Å². The van der Waals surface area contributed by atoms with E-state index in [1.165, 1.54) is 30.4 Å². The van der Waals surface area contributed by atoms with Crippen molar-refractivity contribution in [2.75, 3.05) is 31.5 Å². The number of benzene rings is 1. The third-order valence-corrected chi connectivity index (χ3v) is 6.71. The number of nitrogens with one attached hydrogen (secondary N) is 2. The molecular formula is C24H30N6O2. The Morgan fingerprint density at radius 2 is 1.97 bits per heavy atom. The number of rotatable bonds is 6. The normalized spacial score (nSPS) is 19.9. The second kappa shape index (κ2) is 8.88. The Balaban J connectivity index is 1.43. The molecule has 0 bridgehead atoms. The Labute approximate surface area is 187 Å². The number of aromatic nitrogens is 1. The van der Waals surface area contributed by atoms with Gasteiger partial charge in [0.2, 0.25) is 5.43 Å². The maximum absolute atomic E-state index is 12.9. The van der Waals surface area contributed by atoms with Crippen LogP contribution in [-0.4, -0.2) is 54.1 Å². The molecule has 1 fully saturated rings. The minimum Gasteiger partial charge on any atom is -0.365 e. The standard InChI is InChI=1S/C24H30N6O2/c25-22(32)20-15-30(18-8-7-16-5-4-6-17(16)13-18)23-19(21(20)31)14-27-24(28-23)26-9-12-29-10-2-1-3-11-29/h7-8,13-15,24,26,28H,1-6,9-12H2,(H2,25,32). The first-order chi connectivity index (χ1) is 15.6. The van der Waals surface area contributed by atoms with Crippen LogP contribution in [0.15, 0.2) is 34.2 Å². The zero-order valence-corrected chi connectivity index (χ0v) is 18.3. The minimum absolute atomic E-state index is 0.0333. The molecule has 1 amide bonds. The number of hydrogen-bond donors (Lipinski definition) is 3. The van der Waals surface area contributed by atoms with Crippen LogP contribution in [0.25, 0.3) is 5.69 Å². The van der Waals surface area contributed by atoms with Crippen molar-refractivity contribution in [2.24, 2.45) is 10.7 Å². The molecule has 8 heteroatoms. The summed E-state index contributed by atoms with van der Waals surface area (Å²) >= 11 is 0. The highest BCUT2D eigenvalue weighted by Crippen LogP contribution is 2.27. The number of nitrogens with zero attached hydrogens (tertiary/aromatic N) is 3. The first-order valence-electron chi connectivity index (χ1n) is 11.6. The fourth-order valence-electron chi connectivity index (χ4n) is 4.95. The minimum atomic E-state index is -0.733. The van der Waals surface area contributed by atoms with Gasteiger partial charge in [-0.25, -0.2) is 0 Å². The van der Waals surface area contributed by atoms with Crippen LogP contribution in [0.2, 0.25) is 0 Å². The van der Waals surface area contributed by atoms with Crippen LogP contribution >= 0.6 is 0 Å². The van der Waals surface area contributed by atoms with Crippen LogP contribution in [-0.2, 0) is 12.8 Å². The van der Waals surface area contributed by atoms with E-state index in [4.69, 9.17) is 5.73 Å². The lowest BCUT2D eigenvalue weighted by atomic mass is 10.1. The van der Waals surface area contributed by atoms with Crippen molar-refractivity contribution in [3.05, 3.63) is 56.9 Å². The van der Waals surface area contributed by atoms with Gasteiger partial charge in [0.05, 0.1) is 5.56 Å². The predicted octanol–water partition coefficient (Wildman–Crippen LogP) is 1.63. The zero-order valence-electron chi connectivity index (χ0n) is 18.3. The van der Waals surface area contributed by atoms with Gasteiger partial charge in [-0.1, -0.05) is 12.5 Å². The molecule has 0 saturated carbocycles. The molecule has 168 valence electrons. The van der Waals surface area contributed by atoms with Crippen molar-refractivity contribution in [1.29, 1.82) is 0 Å². The van der Waals surface area contributed by atoms with Crippen molar-refractivity contribution in [2.45, 2.75) is 44.8 Å². The molecule has 3 aliphatic rings. The molecule has 1 aromatic heterocycles. The summed E-state index contributed by atoms with van der Waals surface area (Å²) in [4.78, 5) is 31.8. The monoisotopic (exact) mass is 434 g/mol. The maximum atomic E-state index is 12.9. The average molecular weight is 435 g/mol. The van der Waals surface area contributed by atoms with E-state index in [0.717, 1.165) is 51.1 Å². The smallest absolute Gasteiger partial charge is 0.254 e. The summed E-state index contributed by atoms with van der Waals surface area (Å²) in [5.41, 5.74) is 9.03. The summed E-state index contributed by atoms with van der Waals surface area (Å²) in [6.45, 7) is 4.07. The molecule has 32 heavy (non-hydrogen) atoms. The second-order valence-corrected chi connectivity index (χ2v) is 8.86. The van der Waals surface area contributed by atoms with E-state index in [1.807, 2.05) is 10.6 Å². The molecule has 1 atom stereocenters. The number of carbonyl (C=O) groups excluding carboxylic acids is 1. The fraction of sp³-hybridized carbons (Fsp3) is 0.458. The number of carbonyl (C=O) groups is 1. The number of nitrogens with two attached hydrogens (primary N) is 1. The molecule has 0 spiro atoms. The van der Waals surface area contributed by atoms with Crippen molar-refractivity contribution < 1.29 is 4.79 Å². The highest BCUT2D eigenvalue weighted by atomic mass is 16.2. The summed E-state index contributed by atoms with van der Waals surface area (Å²) in [6, 6.07) is 6.31. The summed E-state index contributed by atoms with van der Waals surface area (Å²) in [6.07, 6.45) is 9.92. The number of amides is 1. The summed E-state index contributed by atoms with van der Waals surface area (Å²) in [5, 5.41) is 6.79. The Bertz CT molecular complexity index is 1120. The number of likely N-dealkylation sites (tertiary alicyclic amines) is 1. The van der Waals surface area contributed by atoms with Gasteiger partial charge in [0.15, 0.2) is 6.29 Å². The van der Waals surface area contributed by atoms with Gasteiger partial charge in [-0.05, 0) is 68.5 Å². The maximum Gasteiger partial charge on any atom is 0.254 e. The van der Waals surface area contributed by atoms with E-state index >= 15 is 0 Å². The van der Waals surface area contributed by atoms with Crippen LogP contribution in [0.3, 0.4) is 0 Å². The summed E-state index contributed by atoms with van der Waals surface area (Å²) in [5.74, 6) is -0.105. The van der Waals surface area contributed by atoms with Crippen molar-refractivity contribution in [3.63, 3.8) is 0 Å². The van der Waals surface area contributed by atoms with Crippen LogP contribution in [0.4, 0.5) is 5.82 Å². The largest absolute Gasteiger partial charge is 0.365 e. The molecule has 2 aliphatic heterocycles. The molecule has 8 nitrogen and oxygen atoms in total. The van der Waals surface area contributed by atoms with E-state index in [9.17, 15) is 9.59 Å². The Kier molecular flexibility index (Phi) is 5.80. The first kappa shape index (κ1) is 20.9. The average Bonchev–Trinajstić information content (AvgIpc) is 3.28. The van der Waals surface area contributed by atoms with E-state index in [-0.39, 0.29) is 11.9 Å². The van der Waals surface area contributed by atoms with Gasteiger partial charge in [0.25, 0.3) is 5.91 Å². The summed E-state index contributed by atoms with van der Waals surface area (Å²) < 4.78 is 1.86. The van der Waals surface area contributed by atoms with Crippen molar-refractivity contribution in [1.82, 2.24) is 14.8 Å². The lowest BCUT2D eigenvalue weighted by molar-refractivity contribution is 0.0998. The zero-order chi connectivity index (χ0) is 22.1. The van der Waals surface area contributed by atoms with Crippen LogP contribution in [0.5, 0.6) is 0 Å². The molecule has 2 aromatic rings. The second-order valence-electron chi connectivity index (χ2n) is 8.86. The van der Waals surface area contributed by atoms with Gasteiger partial charge in [-0.3, -0.25) is 19.9 Å². The Morgan fingerprint density at radius 3 is 2.78 bits per heavy atom. The fourth-order valence-corrected chi connectivity index (χ4v) is 4.95. The molecule has 1 aromatic carbocycles. The third kappa shape index (κ3) is 4.08. The number of primary amides is 1. The summed E-state index contributed by atoms with van der Waals surface area (Å²) in [7, 11) is 0. The van der Waals surface area contributed by atoms with Crippen molar-refractivity contribution in [3.8, 4) is 5.69 Å². The number of pyridine rings is 1. The molecule has 4 N–H and O–H groups in total. The first-order valence-corrected chi connectivity index (χ1v) is 11.6. The van der Waals surface area contributed by atoms with Gasteiger partial charge in [-0.2, -0.15) is 0 Å². The molecular weight excluding hydrogens is 404 g/mol. The number of aliphatic imine (C=N–C) groups is 1. The molecule has 0 radical (unpaired) electrons. The highest BCUT2D eigenvalue weighted by Gasteiger charge is 2.24. The number of anilines is 1. The lowest BCUT2D eigenvalue weighted by Crippen LogP contribution is -2.44. The van der Waals surface area contributed by atoms with Gasteiger partial charge >= 0.3 is 0 Å². The lowest BCUT2D eigenvalue weighted by Gasteiger charge is -2.29. The number of aryl methyl sites for hydroxylation is 2. The molecule has 1 saturated heterocycles. The number of fused-ring (bicyclic) bond motifs is 2. The SMILES string of the molecule is NC(=O)c1cn(-c2ccc3c(c2)CCC3)c2c(c1=O)C=NC(NCCN1CCCCC1)N2. The van der Waals surface area contributed by atoms with E-state index in [1.54, 1.807) is 12.4 Å². The number of hydrogen-bond acceptors (Lipinski definition) is 6. The molecule has 1 aliphatic carbocycles. The van der Waals surface area contributed by atoms with Crippen LogP contribution in [0.1, 0.15) is 52.7 Å².